The predicted molar refractivity (Wildman–Crippen MR) is 75.3 cm³/mol. The summed E-state index contributed by atoms with van der Waals surface area (Å²) in [5.41, 5.74) is 0.246. The van der Waals surface area contributed by atoms with Crippen molar-refractivity contribution >= 4 is 27.3 Å². The summed E-state index contributed by atoms with van der Waals surface area (Å²) in [4.78, 5) is 11.0. The highest BCUT2D eigenvalue weighted by Crippen LogP contribution is 2.27. The van der Waals surface area contributed by atoms with E-state index in [2.05, 4.69) is 4.72 Å². The van der Waals surface area contributed by atoms with Crippen molar-refractivity contribution in [2.24, 2.45) is 5.41 Å². The van der Waals surface area contributed by atoms with Gasteiger partial charge in [0.15, 0.2) is 0 Å². The lowest BCUT2D eigenvalue weighted by Gasteiger charge is -2.27. The van der Waals surface area contributed by atoms with Crippen molar-refractivity contribution in [3.8, 4) is 0 Å². The second-order valence-electron chi connectivity index (χ2n) is 5.59. The summed E-state index contributed by atoms with van der Waals surface area (Å²) in [6.07, 6.45) is 0. The zero-order chi connectivity index (χ0) is 15.0. The van der Waals surface area contributed by atoms with Gasteiger partial charge in [-0.15, -0.1) is 11.3 Å². The van der Waals surface area contributed by atoms with Crippen LogP contribution in [-0.2, 0) is 10.0 Å². The van der Waals surface area contributed by atoms with Gasteiger partial charge in [-0.2, -0.15) is 0 Å². The van der Waals surface area contributed by atoms with Crippen LogP contribution in [0.3, 0.4) is 0 Å². The second kappa shape index (κ2) is 5.22. The van der Waals surface area contributed by atoms with Crippen molar-refractivity contribution in [2.45, 2.75) is 44.9 Å². The van der Waals surface area contributed by atoms with Crippen molar-refractivity contribution in [1.29, 1.82) is 0 Å². The van der Waals surface area contributed by atoms with Gasteiger partial charge in [0.25, 0.3) is 0 Å². The Bertz CT molecular complexity index is 581. The highest BCUT2D eigenvalue weighted by molar-refractivity contribution is 7.91. The smallest absolute Gasteiger partial charge is 0.346 e. The fourth-order valence-corrected chi connectivity index (χ4v) is 4.11. The van der Waals surface area contributed by atoms with Crippen LogP contribution in [0.2, 0.25) is 0 Å². The van der Waals surface area contributed by atoms with Gasteiger partial charge in [0.2, 0.25) is 10.0 Å². The molecule has 0 bridgehead atoms. The first-order valence-electron chi connectivity index (χ1n) is 5.81. The molecule has 0 amide bonds. The number of nitrogens with one attached hydrogen (secondary N) is 1. The number of carbonyl (C=O) groups is 1. The Balaban J connectivity index is 3.08. The summed E-state index contributed by atoms with van der Waals surface area (Å²) in [6, 6.07) is 1.14. The monoisotopic (exact) mass is 305 g/mol. The van der Waals surface area contributed by atoms with E-state index in [4.69, 9.17) is 5.11 Å². The van der Waals surface area contributed by atoms with Gasteiger partial charge < -0.3 is 5.11 Å². The van der Waals surface area contributed by atoms with E-state index in [9.17, 15) is 13.2 Å². The summed E-state index contributed by atoms with van der Waals surface area (Å²) in [7, 11) is -3.67. The number of aryl methyl sites for hydroxylation is 1. The molecule has 1 rings (SSSR count). The lowest BCUT2D eigenvalue weighted by atomic mass is 9.89. The van der Waals surface area contributed by atoms with E-state index in [0.717, 1.165) is 11.3 Å². The summed E-state index contributed by atoms with van der Waals surface area (Å²) in [6.45, 7) is 9.18. The Labute approximate surface area is 117 Å². The quantitative estimate of drug-likeness (QED) is 0.895. The molecule has 19 heavy (non-hydrogen) atoms. The first-order valence-corrected chi connectivity index (χ1v) is 8.11. The zero-order valence-corrected chi connectivity index (χ0v) is 13.3. The molecule has 0 fully saturated rings. The minimum Gasteiger partial charge on any atom is -0.477 e. The Kier molecular flexibility index (Phi) is 4.44. The van der Waals surface area contributed by atoms with Crippen LogP contribution in [0.5, 0.6) is 0 Å². The Hall–Kier alpha value is -0.920. The van der Waals surface area contributed by atoms with Crippen molar-refractivity contribution in [2.75, 3.05) is 0 Å². The maximum absolute atomic E-state index is 12.2. The molecule has 1 atom stereocenters. The molecule has 0 radical (unpaired) electrons. The third-order valence-corrected chi connectivity index (χ3v) is 6.22. The van der Waals surface area contributed by atoms with E-state index in [0.29, 0.717) is 5.56 Å². The molecule has 1 aromatic rings. The fourth-order valence-electron chi connectivity index (χ4n) is 1.27. The number of carboxylic acid groups (broad SMARTS) is 1. The molecule has 1 heterocycles. The van der Waals surface area contributed by atoms with E-state index in [1.165, 1.54) is 6.07 Å². The average Bonchev–Trinajstić information content (AvgIpc) is 2.58. The summed E-state index contributed by atoms with van der Waals surface area (Å²) >= 11 is 0.777. The van der Waals surface area contributed by atoms with E-state index < -0.39 is 16.0 Å². The minimum absolute atomic E-state index is 0.0403. The van der Waals surface area contributed by atoms with Gasteiger partial charge >= 0.3 is 5.97 Å². The Morgan fingerprint density at radius 2 is 1.95 bits per heavy atom. The molecule has 0 saturated heterocycles. The number of hydrogen-bond donors (Lipinski definition) is 2. The number of carboxylic acids is 1. The molecule has 5 nitrogen and oxygen atoms in total. The molecule has 0 aliphatic rings. The highest BCUT2D eigenvalue weighted by atomic mass is 32.2. The molecule has 1 unspecified atom stereocenters. The van der Waals surface area contributed by atoms with Crippen LogP contribution in [0, 0.1) is 12.3 Å². The first kappa shape index (κ1) is 16.1. The Morgan fingerprint density at radius 3 is 2.32 bits per heavy atom. The lowest BCUT2D eigenvalue weighted by Crippen LogP contribution is -2.41. The van der Waals surface area contributed by atoms with E-state index in [1.54, 1.807) is 13.8 Å². The second-order valence-corrected chi connectivity index (χ2v) is 8.58. The van der Waals surface area contributed by atoms with Gasteiger partial charge in [-0.1, -0.05) is 20.8 Å². The summed E-state index contributed by atoms with van der Waals surface area (Å²) in [5.74, 6) is -1.10. The molecule has 0 aliphatic heterocycles. The van der Waals surface area contributed by atoms with Gasteiger partial charge in [-0.05, 0) is 30.9 Å². The van der Waals surface area contributed by atoms with Crippen molar-refractivity contribution in [3.05, 3.63) is 16.5 Å². The maximum Gasteiger partial charge on any atom is 0.346 e. The largest absolute Gasteiger partial charge is 0.477 e. The topological polar surface area (TPSA) is 83.5 Å². The number of aromatic carboxylic acids is 1. The molecule has 0 aliphatic carbocycles. The number of rotatable bonds is 4. The summed E-state index contributed by atoms with van der Waals surface area (Å²) in [5, 5.41) is 8.95. The van der Waals surface area contributed by atoms with E-state index in [1.807, 2.05) is 20.8 Å². The highest BCUT2D eigenvalue weighted by Gasteiger charge is 2.28. The predicted octanol–water partition coefficient (Wildman–Crippen LogP) is 2.47. The molecule has 108 valence electrons. The zero-order valence-electron chi connectivity index (χ0n) is 11.6. The van der Waals surface area contributed by atoms with E-state index >= 15 is 0 Å². The molecule has 0 aromatic carbocycles. The van der Waals surface area contributed by atoms with Crippen LogP contribution in [-0.4, -0.2) is 25.5 Å². The van der Waals surface area contributed by atoms with Gasteiger partial charge in [0.1, 0.15) is 9.09 Å². The van der Waals surface area contributed by atoms with Crippen molar-refractivity contribution < 1.29 is 18.3 Å². The molecular formula is C12H19NO4S2. The number of thiophene rings is 1. The van der Waals surface area contributed by atoms with Crippen LogP contribution in [0.1, 0.15) is 42.9 Å². The molecule has 0 saturated carbocycles. The SMILES string of the molecule is Cc1cc(S(=O)(=O)NC(C)C(C)(C)C)sc1C(=O)O. The van der Waals surface area contributed by atoms with Crippen LogP contribution in [0.15, 0.2) is 10.3 Å². The Morgan fingerprint density at radius 1 is 1.42 bits per heavy atom. The standard InChI is InChI=1S/C12H19NO4S2/c1-7-6-9(18-10(7)11(14)15)19(16,17)13-8(2)12(3,4)5/h6,8,13H,1-5H3,(H,14,15). The van der Waals surface area contributed by atoms with Crippen LogP contribution in [0.4, 0.5) is 0 Å². The fraction of sp³-hybridized carbons (Fsp3) is 0.583. The van der Waals surface area contributed by atoms with E-state index in [-0.39, 0.29) is 20.5 Å². The first-order chi connectivity index (χ1) is 8.45. The normalized spacial score (nSPS) is 14.4. The third-order valence-electron chi connectivity index (χ3n) is 2.99. The van der Waals surface area contributed by atoms with Crippen LogP contribution < -0.4 is 4.72 Å². The minimum atomic E-state index is -3.67. The molecule has 7 heteroatoms. The van der Waals surface area contributed by atoms with Gasteiger partial charge in [0.05, 0.1) is 0 Å². The van der Waals surface area contributed by atoms with Crippen LogP contribution >= 0.6 is 11.3 Å². The van der Waals surface area contributed by atoms with Crippen LogP contribution in [0.25, 0.3) is 0 Å². The lowest BCUT2D eigenvalue weighted by molar-refractivity contribution is 0.0701. The van der Waals surface area contributed by atoms with Crippen molar-refractivity contribution in [1.82, 2.24) is 4.72 Å². The van der Waals surface area contributed by atoms with Gasteiger partial charge in [0, 0.05) is 6.04 Å². The van der Waals surface area contributed by atoms with Crippen molar-refractivity contribution in [3.63, 3.8) is 0 Å². The third kappa shape index (κ3) is 3.77. The molecule has 0 spiro atoms. The number of sulfonamides is 1. The average molecular weight is 305 g/mol. The molecular weight excluding hydrogens is 286 g/mol. The molecule has 1 aromatic heterocycles. The summed E-state index contributed by atoms with van der Waals surface area (Å²) < 4.78 is 27.0. The maximum atomic E-state index is 12.2. The van der Waals surface area contributed by atoms with Gasteiger partial charge in [-0.3, -0.25) is 0 Å². The van der Waals surface area contributed by atoms with Gasteiger partial charge in [-0.25, -0.2) is 17.9 Å². The number of hydrogen-bond acceptors (Lipinski definition) is 4. The molecule has 2 N–H and O–H groups in total.